The Balaban J connectivity index is 2.54. The summed E-state index contributed by atoms with van der Waals surface area (Å²) in [6, 6.07) is 7.34. The van der Waals surface area contributed by atoms with E-state index in [0.717, 1.165) is 32.1 Å². The molecule has 0 heterocycles. The van der Waals surface area contributed by atoms with Crippen LogP contribution in [-0.2, 0) is 6.42 Å². The van der Waals surface area contributed by atoms with Crippen LogP contribution in [0.2, 0.25) is 0 Å². The van der Waals surface area contributed by atoms with Gasteiger partial charge in [-0.3, -0.25) is 0 Å². The van der Waals surface area contributed by atoms with E-state index >= 15 is 0 Å². The fraction of sp³-hybridized carbons (Fsp3) is 0.739. The maximum atomic E-state index is 10.7. The third-order valence-corrected chi connectivity index (χ3v) is 8.22. The predicted molar refractivity (Wildman–Crippen MR) is 120 cm³/mol. The van der Waals surface area contributed by atoms with E-state index in [2.05, 4.69) is 20.8 Å². The summed E-state index contributed by atoms with van der Waals surface area (Å²) in [5, 5.41) is 0.305. The molecule has 0 spiro atoms. The van der Waals surface area contributed by atoms with E-state index in [1.807, 2.05) is 12.1 Å². The molecule has 0 amide bonds. The summed E-state index contributed by atoms with van der Waals surface area (Å²) in [6.07, 6.45) is 14.1. The van der Waals surface area contributed by atoms with Gasteiger partial charge in [0.15, 0.2) is 0 Å². The molecule has 0 aliphatic carbocycles. The number of unbranched alkanes of at least 4 members (excludes halogenated alkanes) is 7. The van der Waals surface area contributed by atoms with Crippen LogP contribution in [0.5, 0.6) is 0 Å². The van der Waals surface area contributed by atoms with Crippen LogP contribution in [0.1, 0.15) is 97.0 Å². The first kappa shape index (κ1) is 24.6. The Morgan fingerprint density at radius 2 is 1.30 bits per heavy atom. The van der Waals surface area contributed by atoms with Crippen molar-refractivity contribution in [1.82, 2.24) is 0 Å². The zero-order chi connectivity index (χ0) is 20.2. The van der Waals surface area contributed by atoms with E-state index in [0.29, 0.717) is 5.30 Å². The van der Waals surface area contributed by atoms with E-state index < -0.39 is 7.28 Å². The quantitative estimate of drug-likeness (QED) is 0.247. The Morgan fingerprint density at radius 3 is 1.85 bits per heavy atom. The first-order valence-corrected chi connectivity index (χ1v) is 13.4. The average Bonchev–Trinajstić information content (AvgIpc) is 2.64. The molecule has 1 atom stereocenters. The van der Waals surface area contributed by atoms with Gasteiger partial charge in [0, 0.05) is 0 Å². The number of hydrogen-bond acceptors (Lipinski definition) is 3. The Bertz CT molecular complexity index is 505. The summed E-state index contributed by atoms with van der Waals surface area (Å²) >= 11 is 0. The van der Waals surface area contributed by atoms with Gasteiger partial charge in [-0.2, -0.15) is 0 Å². The molecular formula is C23H43O3P. The van der Waals surface area contributed by atoms with Crippen molar-refractivity contribution in [1.29, 1.82) is 0 Å². The molecule has 3 N–H and O–H groups in total. The summed E-state index contributed by atoms with van der Waals surface area (Å²) < 4.78 is 0. The van der Waals surface area contributed by atoms with Gasteiger partial charge in [-0.05, 0) is 0 Å². The van der Waals surface area contributed by atoms with E-state index in [1.165, 1.54) is 50.5 Å². The molecular weight excluding hydrogens is 355 g/mol. The molecule has 0 radical (unpaired) electrons. The van der Waals surface area contributed by atoms with E-state index in [1.54, 1.807) is 12.1 Å². The van der Waals surface area contributed by atoms with Crippen LogP contribution >= 0.6 is 7.28 Å². The summed E-state index contributed by atoms with van der Waals surface area (Å²) in [7, 11) is -4.78. The molecule has 3 nitrogen and oxygen atoms in total. The van der Waals surface area contributed by atoms with Crippen molar-refractivity contribution in [3.05, 3.63) is 29.8 Å². The molecule has 27 heavy (non-hydrogen) atoms. The standard InChI is InChI=1S/C23H43O3P/c1-4-7-9-10-11-12-13-15-22-16-18-23(19-17-22)27(24,25,26)20-21(6-3)14-8-5-2/h16-19,21,24-26H,4-15,20H2,1-3H3. The normalized spacial score (nSPS) is 14.7. The predicted octanol–water partition coefficient (Wildman–Crippen LogP) is 6.10. The second-order valence-electron chi connectivity index (χ2n) is 8.29. The van der Waals surface area contributed by atoms with E-state index in [-0.39, 0.29) is 12.1 Å². The van der Waals surface area contributed by atoms with Gasteiger partial charge in [0.2, 0.25) is 0 Å². The van der Waals surface area contributed by atoms with E-state index in [4.69, 9.17) is 0 Å². The summed E-state index contributed by atoms with van der Waals surface area (Å²) in [5.41, 5.74) is 1.21. The molecule has 1 unspecified atom stereocenters. The Kier molecular flexibility index (Phi) is 11.1. The fourth-order valence-electron chi connectivity index (χ4n) is 3.75. The van der Waals surface area contributed by atoms with Crippen molar-refractivity contribution in [2.75, 3.05) is 6.16 Å². The molecule has 0 fully saturated rings. The van der Waals surface area contributed by atoms with Gasteiger partial charge in [-0.15, -0.1) is 0 Å². The monoisotopic (exact) mass is 398 g/mol. The Hall–Kier alpha value is -0.470. The number of aryl methyl sites for hydroxylation is 1. The van der Waals surface area contributed by atoms with Gasteiger partial charge < -0.3 is 0 Å². The number of rotatable bonds is 15. The minimum absolute atomic E-state index is 0.0825. The maximum absolute atomic E-state index is 10.7. The number of benzene rings is 1. The summed E-state index contributed by atoms with van der Waals surface area (Å²) in [4.78, 5) is 32.1. The summed E-state index contributed by atoms with van der Waals surface area (Å²) in [6.45, 7) is 6.43. The van der Waals surface area contributed by atoms with Crippen molar-refractivity contribution in [2.24, 2.45) is 5.92 Å². The molecule has 0 aliphatic heterocycles. The van der Waals surface area contributed by atoms with Crippen LogP contribution in [0.3, 0.4) is 0 Å². The van der Waals surface area contributed by atoms with Crippen molar-refractivity contribution in [2.45, 2.75) is 97.8 Å². The third-order valence-electron chi connectivity index (χ3n) is 5.67. The molecule has 1 rings (SSSR count). The zero-order valence-corrected chi connectivity index (χ0v) is 18.8. The minimum atomic E-state index is -4.78. The topological polar surface area (TPSA) is 60.7 Å². The van der Waals surface area contributed by atoms with Gasteiger partial charge in [0.25, 0.3) is 0 Å². The molecule has 0 bridgehead atoms. The van der Waals surface area contributed by atoms with Crippen LogP contribution in [0.4, 0.5) is 0 Å². The number of hydrogen-bond donors (Lipinski definition) is 3. The van der Waals surface area contributed by atoms with Gasteiger partial charge in [-0.25, -0.2) is 0 Å². The Labute approximate surface area is 167 Å². The molecule has 158 valence electrons. The van der Waals surface area contributed by atoms with Crippen LogP contribution in [-0.4, -0.2) is 20.8 Å². The van der Waals surface area contributed by atoms with Crippen LogP contribution in [0.15, 0.2) is 24.3 Å². The van der Waals surface area contributed by atoms with Gasteiger partial charge in [-0.1, -0.05) is 6.92 Å². The molecule has 1 aromatic rings. The van der Waals surface area contributed by atoms with Crippen molar-refractivity contribution >= 4 is 12.6 Å². The second kappa shape index (κ2) is 12.2. The average molecular weight is 399 g/mol. The Morgan fingerprint density at radius 1 is 0.741 bits per heavy atom. The second-order valence-corrected chi connectivity index (χ2v) is 11.5. The zero-order valence-electron chi connectivity index (χ0n) is 17.9. The van der Waals surface area contributed by atoms with Crippen molar-refractivity contribution in [3.63, 3.8) is 0 Å². The van der Waals surface area contributed by atoms with Crippen LogP contribution in [0.25, 0.3) is 0 Å². The third kappa shape index (κ3) is 9.52. The van der Waals surface area contributed by atoms with Gasteiger partial charge >= 0.3 is 160 Å². The van der Waals surface area contributed by atoms with Crippen molar-refractivity contribution < 1.29 is 14.7 Å². The molecule has 0 aliphatic rings. The van der Waals surface area contributed by atoms with Crippen LogP contribution in [0, 0.1) is 5.92 Å². The fourth-order valence-corrected chi connectivity index (χ4v) is 6.11. The first-order valence-electron chi connectivity index (χ1n) is 11.2. The van der Waals surface area contributed by atoms with Gasteiger partial charge in [0.1, 0.15) is 0 Å². The molecule has 1 aromatic carbocycles. The van der Waals surface area contributed by atoms with Gasteiger partial charge in [0.05, 0.1) is 0 Å². The van der Waals surface area contributed by atoms with Crippen molar-refractivity contribution in [3.8, 4) is 0 Å². The summed E-state index contributed by atoms with van der Waals surface area (Å²) in [5.74, 6) is 0.148. The van der Waals surface area contributed by atoms with E-state index in [9.17, 15) is 14.7 Å². The van der Waals surface area contributed by atoms with Crippen LogP contribution < -0.4 is 5.30 Å². The molecule has 0 saturated carbocycles. The molecule has 0 saturated heterocycles. The molecule has 0 aromatic heterocycles. The first-order chi connectivity index (χ1) is 12.8. The SMILES string of the molecule is CCCCCCCCCc1ccc(P(O)(O)(O)CC(CC)CCCC)cc1. The molecule has 4 heteroatoms.